The molecule has 0 atom stereocenters. The normalized spacial score (nSPS) is 15.8. The van der Waals surface area contributed by atoms with Crippen LogP contribution >= 0.6 is 11.8 Å². The Labute approximate surface area is 181 Å². The highest BCUT2D eigenvalue weighted by Gasteiger charge is 2.36. The van der Waals surface area contributed by atoms with Crippen molar-refractivity contribution in [2.24, 2.45) is 0 Å². The van der Waals surface area contributed by atoms with Crippen LogP contribution in [0.5, 0.6) is 0 Å². The third-order valence-corrected chi connectivity index (χ3v) is 5.46. The van der Waals surface area contributed by atoms with Crippen LogP contribution in [0.3, 0.4) is 0 Å². The van der Waals surface area contributed by atoms with Crippen LogP contribution in [-0.2, 0) is 15.8 Å². The summed E-state index contributed by atoms with van der Waals surface area (Å²) in [6.07, 6.45) is -2.98. The van der Waals surface area contributed by atoms with Gasteiger partial charge in [0, 0.05) is 5.69 Å². The second kappa shape index (κ2) is 8.97. The van der Waals surface area contributed by atoms with Crippen LogP contribution < -0.4 is 5.32 Å². The third kappa shape index (κ3) is 5.55. The van der Waals surface area contributed by atoms with Crippen LogP contribution in [0.1, 0.15) is 36.5 Å². The van der Waals surface area contributed by atoms with Gasteiger partial charge in [-0.2, -0.15) is 13.2 Å². The molecule has 0 aliphatic carbocycles. The standard InChI is InChI=1S/C22H19F3N2O3S/c1-13(2)15-8-6-14(7-9-15)10-18-20(29)27(21(30)31-18)12-19(28)26-17-5-3-4-16(11-17)22(23,24)25/h3-11,13H,12H2,1-2H3,(H,26,28)/b18-10-. The van der Waals surface area contributed by atoms with E-state index in [1.54, 1.807) is 6.08 Å². The van der Waals surface area contributed by atoms with E-state index in [4.69, 9.17) is 0 Å². The number of thioether (sulfide) groups is 1. The van der Waals surface area contributed by atoms with Gasteiger partial charge < -0.3 is 5.32 Å². The second-order valence-electron chi connectivity index (χ2n) is 7.22. The number of alkyl halides is 3. The van der Waals surface area contributed by atoms with E-state index in [-0.39, 0.29) is 10.6 Å². The quantitative estimate of drug-likeness (QED) is 0.613. The number of halogens is 3. The molecule has 1 fully saturated rings. The van der Waals surface area contributed by atoms with Crippen molar-refractivity contribution in [2.75, 3.05) is 11.9 Å². The average molecular weight is 448 g/mol. The molecule has 2 aromatic rings. The van der Waals surface area contributed by atoms with Crippen molar-refractivity contribution in [3.63, 3.8) is 0 Å². The Morgan fingerprint density at radius 2 is 1.81 bits per heavy atom. The van der Waals surface area contributed by atoms with Gasteiger partial charge in [-0.3, -0.25) is 19.3 Å². The van der Waals surface area contributed by atoms with Gasteiger partial charge in [0.2, 0.25) is 5.91 Å². The molecular formula is C22H19F3N2O3S. The number of carbonyl (C=O) groups is 3. The number of imide groups is 1. The first-order chi connectivity index (χ1) is 14.5. The number of nitrogens with zero attached hydrogens (tertiary/aromatic N) is 1. The summed E-state index contributed by atoms with van der Waals surface area (Å²) < 4.78 is 38.4. The Bertz CT molecular complexity index is 1050. The smallest absolute Gasteiger partial charge is 0.325 e. The molecule has 0 spiro atoms. The van der Waals surface area contributed by atoms with Crippen molar-refractivity contribution in [2.45, 2.75) is 25.9 Å². The molecule has 162 valence electrons. The molecule has 3 rings (SSSR count). The molecule has 5 nitrogen and oxygen atoms in total. The van der Waals surface area contributed by atoms with E-state index >= 15 is 0 Å². The molecule has 2 aromatic carbocycles. The highest BCUT2D eigenvalue weighted by atomic mass is 32.2. The lowest BCUT2D eigenvalue weighted by Gasteiger charge is -2.13. The highest BCUT2D eigenvalue weighted by molar-refractivity contribution is 8.18. The zero-order valence-corrected chi connectivity index (χ0v) is 17.5. The Kier molecular flexibility index (Phi) is 6.54. The first-order valence-electron chi connectivity index (χ1n) is 9.37. The van der Waals surface area contributed by atoms with Crippen molar-refractivity contribution in [1.29, 1.82) is 0 Å². The van der Waals surface area contributed by atoms with Crippen LogP contribution in [0.15, 0.2) is 53.4 Å². The van der Waals surface area contributed by atoms with E-state index in [1.165, 1.54) is 6.07 Å². The molecule has 0 radical (unpaired) electrons. The maximum atomic E-state index is 12.8. The third-order valence-electron chi connectivity index (χ3n) is 4.55. The Morgan fingerprint density at radius 3 is 2.42 bits per heavy atom. The maximum Gasteiger partial charge on any atom is 0.416 e. The summed E-state index contributed by atoms with van der Waals surface area (Å²) >= 11 is 0.711. The number of anilines is 1. The van der Waals surface area contributed by atoms with Crippen LogP contribution in [-0.4, -0.2) is 28.5 Å². The van der Waals surface area contributed by atoms with Crippen molar-refractivity contribution in [3.8, 4) is 0 Å². The molecule has 0 aromatic heterocycles. The van der Waals surface area contributed by atoms with Crippen molar-refractivity contribution >= 4 is 40.6 Å². The van der Waals surface area contributed by atoms with Gasteiger partial charge in [0.25, 0.3) is 11.1 Å². The van der Waals surface area contributed by atoms with E-state index in [1.807, 2.05) is 24.3 Å². The summed E-state index contributed by atoms with van der Waals surface area (Å²) in [6.45, 7) is 3.53. The number of carbonyl (C=O) groups excluding carboxylic acids is 3. The van der Waals surface area contributed by atoms with Crippen molar-refractivity contribution < 1.29 is 27.6 Å². The van der Waals surface area contributed by atoms with Crippen LogP contribution in [0.25, 0.3) is 6.08 Å². The zero-order chi connectivity index (χ0) is 22.8. The fraction of sp³-hybridized carbons (Fsp3) is 0.227. The number of hydrogen-bond acceptors (Lipinski definition) is 4. The topological polar surface area (TPSA) is 66.5 Å². The molecule has 0 unspecified atom stereocenters. The molecule has 31 heavy (non-hydrogen) atoms. The van der Waals surface area contributed by atoms with Crippen LogP contribution in [0, 0.1) is 0 Å². The van der Waals surface area contributed by atoms with Gasteiger partial charge in [0.15, 0.2) is 0 Å². The molecule has 3 amide bonds. The maximum absolute atomic E-state index is 12.8. The minimum absolute atomic E-state index is 0.0763. The molecule has 1 aliphatic heterocycles. The monoisotopic (exact) mass is 448 g/mol. The van der Waals surface area contributed by atoms with Gasteiger partial charge in [-0.25, -0.2) is 0 Å². The molecule has 1 heterocycles. The average Bonchev–Trinajstić information content (AvgIpc) is 2.95. The van der Waals surface area contributed by atoms with Gasteiger partial charge in [0.05, 0.1) is 10.5 Å². The van der Waals surface area contributed by atoms with Gasteiger partial charge >= 0.3 is 6.18 Å². The second-order valence-corrected chi connectivity index (χ2v) is 8.21. The summed E-state index contributed by atoms with van der Waals surface area (Å²) in [4.78, 5) is 37.9. The van der Waals surface area contributed by atoms with E-state index in [9.17, 15) is 27.6 Å². The number of amides is 3. The molecule has 0 saturated carbocycles. The molecule has 9 heteroatoms. The number of rotatable bonds is 5. The SMILES string of the molecule is CC(C)c1ccc(/C=C2\SC(=O)N(CC(=O)Nc3cccc(C(F)(F)F)c3)C2=O)cc1. The lowest BCUT2D eigenvalue weighted by molar-refractivity contribution is -0.137. The lowest BCUT2D eigenvalue weighted by Crippen LogP contribution is -2.36. The summed E-state index contributed by atoms with van der Waals surface area (Å²) in [7, 11) is 0. The van der Waals surface area contributed by atoms with Gasteiger partial charge in [-0.1, -0.05) is 44.2 Å². The van der Waals surface area contributed by atoms with Crippen molar-refractivity contribution in [3.05, 3.63) is 70.1 Å². The fourth-order valence-corrected chi connectivity index (χ4v) is 3.72. The number of benzene rings is 2. The van der Waals surface area contributed by atoms with E-state index in [0.717, 1.165) is 34.2 Å². The van der Waals surface area contributed by atoms with Crippen LogP contribution in [0.4, 0.5) is 23.7 Å². The van der Waals surface area contributed by atoms with Gasteiger partial charge in [0.1, 0.15) is 6.54 Å². The Morgan fingerprint density at radius 1 is 1.13 bits per heavy atom. The highest BCUT2D eigenvalue weighted by Crippen LogP contribution is 2.33. The number of nitrogens with one attached hydrogen (secondary N) is 1. The van der Waals surface area contributed by atoms with Gasteiger partial charge in [-0.15, -0.1) is 0 Å². The first-order valence-corrected chi connectivity index (χ1v) is 10.2. The predicted octanol–water partition coefficient (Wildman–Crippen LogP) is 5.50. The van der Waals surface area contributed by atoms with E-state index < -0.39 is 35.3 Å². The van der Waals surface area contributed by atoms with E-state index in [0.29, 0.717) is 17.7 Å². The Hall–Kier alpha value is -3.07. The molecular weight excluding hydrogens is 429 g/mol. The van der Waals surface area contributed by atoms with Crippen LogP contribution in [0.2, 0.25) is 0 Å². The number of hydrogen-bond donors (Lipinski definition) is 1. The minimum atomic E-state index is -4.55. The predicted molar refractivity (Wildman–Crippen MR) is 113 cm³/mol. The van der Waals surface area contributed by atoms with E-state index in [2.05, 4.69) is 19.2 Å². The summed E-state index contributed by atoms with van der Waals surface area (Å²) in [5.41, 5.74) is 0.885. The molecule has 1 N–H and O–H groups in total. The van der Waals surface area contributed by atoms with Gasteiger partial charge in [-0.05, 0) is 53.1 Å². The summed E-state index contributed by atoms with van der Waals surface area (Å²) in [5.74, 6) is -1.04. The molecule has 1 saturated heterocycles. The van der Waals surface area contributed by atoms with Crippen molar-refractivity contribution in [1.82, 2.24) is 4.90 Å². The summed E-state index contributed by atoms with van der Waals surface area (Å²) in [6, 6.07) is 11.7. The minimum Gasteiger partial charge on any atom is -0.325 e. The lowest BCUT2D eigenvalue weighted by atomic mass is 10.0. The molecule has 0 bridgehead atoms. The first kappa shape index (κ1) is 22.6. The molecule has 1 aliphatic rings. The largest absolute Gasteiger partial charge is 0.416 e. The Balaban J connectivity index is 1.68. The fourth-order valence-electron chi connectivity index (χ4n) is 2.88. The zero-order valence-electron chi connectivity index (χ0n) is 16.7. The summed E-state index contributed by atoms with van der Waals surface area (Å²) in [5, 5.41) is 1.67.